The topological polar surface area (TPSA) is 13.6 Å². The molecular formula is C23H31NO. The molecule has 5 atom stereocenters. The zero-order chi connectivity index (χ0) is 17.8. The molecule has 0 N–H and O–H groups in total. The van der Waals surface area contributed by atoms with E-state index in [0.717, 1.165) is 42.1 Å². The van der Waals surface area contributed by atoms with Crippen LogP contribution in [0.5, 0.6) is 0 Å². The molecule has 2 saturated carbocycles. The molecule has 4 aliphatic carbocycles. The SMILES string of the molecule is [C-]#[N+]C(C)=C1CC[C@H]2[C@@H]3CC=C4C=C(OC)CC[C@]4(C)[C@H]3CC[C@]12C. The summed E-state index contributed by atoms with van der Waals surface area (Å²) in [5.74, 6) is 3.51. The highest BCUT2D eigenvalue weighted by Gasteiger charge is 2.56. The van der Waals surface area contributed by atoms with E-state index in [1.807, 2.05) is 6.92 Å². The summed E-state index contributed by atoms with van der Waals surface area (Å²) in [6.45, 7) is 14.5. The van der Waals surface area contributed by atoms with Gasteiger partial charge in [-0.25, -0.2) is 4.85 Å². The number of hydrogen-bond donors (Lipinski definition) is 0. The Bertz CT molecular complexity index is 721. The van der Waals surface area contributed by atoms with Gasteiger partial charge in [-0.3, -0.25) is 0 Å². The van der Waals surface area contributed by atoms with Gasteiger partial charge in [-0.2, -0.15) is 0 Å². The first kappa shape index (κ1) is 17.0. The molecule has 0 heterocycles. The molecule has 0 aliphatic heterocycles. The van der Waals surface area contributed by atoms with Crippen molar-refractivity contribution in [3.05, 3.63) is 46.2 Å². The molecule has 25 heavy (non-hydrogen) atoms. The van der Waals surface area contributed by atoms with Crippen LogP contribution in [0.3, 0.4) is 0 Å². The quantitative estimate of drug-likeness (QED) is 0.513. The van der Waals surface area contributed by atoms with Crippen LogP contribution in [0, 0.1) is 35.2 Å². The maximum atomic E-state index is 7.48. The zero-order valence-corrected chi connectivity index (χ0v) is 16.2. The number of allylic oxidation sites excluding steroid dienone is 6. The second kappa shape index (κ2) is 5.76. The highest BCUT2D eigenvalue weighted by molar-refractivity contribution is 5.37. The van der Waals surface area contributed by atoms with E-state index in [1.54, 1.807) is 7.11 Å². The average Bonchev–Trinajstić information content (AvgIpc) is 2.97. The minimum Gasteiger partial charge on any atom is -0.501 e. The van der Waals surface area contributed by atoms with Crippen LogP contribution in [-0.4, -0.2) is 7.11 Å². The van der Waals surface area contributed by atoms with Crippen molar-refractivity contribution in [1.29, 1.82) is 0 Å². The Morgan fingerprint density at radius 2 is 1.92 bits per heavy atom. The van der Waals surface area contributed by atoms with E-state index in [-0.39, 0.29) is 5.41 Å². The number of rotatable bonds is 1. The number of nitrogens with zero attached hydrogens (tertiary/aromatic N) is 1. The average molecular weight is 338 g/mol. The summed E-state index contributed by atoms with van der Waals surface area (Å²) in [5, 5.41) is 0. The molecule has 134 valence electrons. The molecule has 2 nitrogen and oxygen atoms in total. The van der Waals surface area contributed by atoms with Crippen molar-refractivity contribution in [1.82, 2.24) is 0 Å². The van der Waals surface area contributed by atoms with Crippen LogP contribution in [0.15, 0.2) is 34.8 Å². The van der Waals surface area contributed by atoms with Gasteiger partial charge < -0.3 is 4.74 Å². The van der Waals surface area contributed by atoms with Crippen molar-refractivity contribution < 1.29 is 4.74 Å². The van der Waals surface area contributed by atoms with Gasteiger partial charge in [0.1, 0.15) is 0 Å². The lowest BCUT2D eigenvalue weighted by atomic mass is 9.48. The number of hydrogen-bond acceptors (Lipinski definition) is 1. The second-order valence-electron chi connectivity index (χ2n) is 9.17. The van der Waals surface area contributed by atoms with Gasteiger partial charge in [0.2, 0.25) is 0 Å². The molecule has 2 heteroatoms. The maximum absolute atomic E-state index is 7.48. The summed E-state index contributed by atoms with van der Waals surface area (Å²) in [5.41, 5.74) is 4.60. The van der Waals surface area contributed by atoms with Gasteiger partial charge in [0, 0.05) is 6.42 Å². The van der Waals surface area contributed by atoms with E-state index in [9.17, 15) is 0 Å². The van der Waals surface area contributed by atoms with Crippen LogP contribution < -0.4 is 0 Å². The summed E-state index contributed by atoms with van der Waals surface area (Å²) in [6.07, 6.45) is 13.4. The van der Waals surface area contributed by atoms with Crippen molar-refractivity contribution in [2.75, 3.05) is 7.11 Å². The Kier molecular flexibility index (Phi) is 3.91. The van der Waals surface area contributed by atoms with Gasteiger partial charge in [-0.15, -0.1) is 0 Å². The van der Waals surface area contributed by atoms with Crippen LogP contribution in [0.4, 0.5) is 0 Å². The Labute approximate surface area is 152 Å². The molecule has 0 saturated heterocycles. The van der Waals surface area contributed by atoms with Crippen molar-refractivity contribution in [2.45, 2.75) is 65.7 Å². The molecule has 0 spiro atoms. The fourth-order valence-corrected chi connectivity index (χ4v) is 6.93. The molecule has 0 unspecified atom stereocenters. The molecule has 0 aromatic rings. The minimum atomic E-state index is 0.277. The molecule has 0 radical (unpaired) electrons. The van der Waals surface area contributed by atoms with Crippen LogP contribution in [0.1, 0.15) is 65.7 Å². The van der Waals surface area contributed by atoms with Crippen LogP contribution in [0.2, 0.25) is 0 Å². The van der Waals surface area contributed by atoms with Gasteiger partial charge in [0.05, 0.1) is 19.4 Å². The lowest BCUT2D eigenvalue weighted by molar-refractivity contribution is -0.00848. The molecule has 0 aromatic heterocycles. The van der Waals surface area contributed by atoms with Crippen molar-refractivity contribution >= 4 is 0 Å². The summed E-state index contributed by atoms with van der Waals surface area (Å²) in [7, 11) is 1.80. The standard InChI is InChI=1S/C23H31NO/c1-15(24-4)19-8-9-20-18-7-6-16-14-17(25-5)10-12-22(16,2)21(18)11-13-23(19,20)3/h6,14,18,20-21H,7-13H2,1-3,5H3/t18-,20-,21-,22-,23+/m0/s1. The molecular weight excluding hydrogens is 306 g/mol. The van der Waals surface area contributed by atoms with Gasteiger partial charge in [0.15, 0.2) is 5.70 Å². The smallest absolute Gasteiger partial charge is 0.162 e. The lowest BCUT2D eigenvalue weighted by Gasteiger charge is -2.56. The first-order valence-corrected chi connectivity index (χ1v) is 9.97. The first-order chi connectivity index (χ1) is 11.9. The molecule has 2 fully saturated rings. The normalized spacial score (nSPS) is 44.5. The highest BCUT2D eigenvalue weighted by atomic mass is 16.5. The second-order valence-corrected chi connectivity index (χ2v) is 9.17. The number of fused-ring (bicyclic) bond motifs is 5. The molecule has 4 rings (SSSR count). The van der Waals surface area contributed by atoms with Gasteiger partial charge in [-0.05, 0) is 85.7 Å². The van der Waals surface area contributed by atoms with E-state index in [0.29, 0.717) is 5.41 Å². The largest absolute Gasteiger partial charge is 0.501 e. The predicted molar refractivity (Wildman–Crippen MR) is 101 cm³/mol. The summed E-state index contributed by atoms with van der Waals surface area (Å²) < 4.78 is 5.55. The summed E-state index contributed by atoms with van der Waals surface area (Å²) >= 11 is 0. The lowest BCUT2D eigenvalue weighted by Crippen LogP contribution is -2.48. The summed E-state index contributed by atoms with van der Waals surface area (Å²) in [6, 6.07) is 0. The molecule has 4 aliphatic rings. The predicted octanol–water partition coefficient (Wildman–Crippen LogP) is 6.28. The molecule has 0 amide bonds. The first-order valence-electron chi connectivity index (χ1n) is 9.97. The maximum Gasteiger partial charge on any atom is 0.162 e. The van der Waals surface area contributed by atoms with E-state index in [4.69, 9.17) is 11.3 Å². The Morgan fingerprint density at radius 1 is 1.16 bits per heavy atom. The van der Waals surface area contributed by atoms with Crippen molar-refractivity contribution in [3.63, 3.8) is 0 Å². The van der Waals surface area contributed by atoms with E-state index >= 15 is 0 Å². The fourth-order valence-electron chi connectivity index (χ4n) is 6.93. The van der Waals surface area contributed by atoms with Crippen LogP contribution >= 0.6 is 0 Å². The Morgan fingerprint density at radius 3 is 2.64 bits per heavy atom. The zero-order valence-electron chi connectivity index (χ0n) is 16.2. The summed E-state index contributed by atoms with van der Waals surface area (Å²) in [4.78, 5) is 3.80. The van der Waals surface area contributed by atoms with E-state index in [2.05, 4.69) is 30.8 Å². The Hall–Kier alpha value is -1.49. The van der Waals surface area contributed by atoms with E-state index in [1.165, 1.54) is 43.3 Å². The van der Waals surface area contributed by atoms with Crippen LogP contribution in [0.25, 0.3) is 4.85 Å². The monoisotopic (exact) mass is 337 g/mol. The third-order valence-corrected chi connectivity index (χ3v) is 8.38. The van der Waals surface area contributed by atoms with E-state index < -0.39 is 0 Å². The highest BCUT2D eigenvalue weighted by Crippen LogP contribution is 2.66. The number of methoxy groups -OCH3 is 1. The molecule has 0 aromatic carbocycles. The van der Waals surface area contributed by atoms with Crippen molar-refractivity contribution in [3.8, 4) is 0 Å². The third kappa shape index (κ3) is 2.28. The third-order valence-electron chi connectivity index (χ3n) is 8.38. The van der Waals surface area contributed by atoms with Gasteiger partial charge >= 0.3 is 0 Å². The van der Waals surface area contributed by atoms with Gasteiger partial charge in [-0.1, -0.05) is 25.5 Å². The minimum absolute atomic E-state index is 0.277. The number of ether oxygens (including phenoxy) is 1. The fraction of sp³-hybridized carbons (Fsp3) is 0.696. The molecule has 0 bridgehead atoms. The Balaban J connectivity index is 1.70. The van der Waals surface area contributed by atoms with Crippen LogP contribution in [-0.2, 0) is 4.74 Å². The van der Waals surface area contributed by atoms with Gasteiger partial charge in [0.25, 0.3) is 0 Å². The van der Waals surface area contributed by atoms with Crippen molar-refractivity contribution in [2.24, 2.45) is 28.6 Å².